The van der Waals surface area contributed by atoms with Gasteiger partial charge < -0.3 is 5.73 Å². The smallest absolute Gasteiger partial charge is 0.0628 e. The lowest BCUT2D eigenvalue weighted by molar-refractivity contribution is 0.520. The lowest BCUT2D eigenvalue weighted by Gasteiger charge is -2.11. The third kappa shape index (κ3) is 4.45. The van der Waals surface area contributed by atoms with Crippen molar-refractivity contribution < 1.29 is 0 Å². The second kappa shape index (κ2) is 7.57. The van der Waals surface area contributed by atoms with E-state index in [0.29, 0.717) is 6.04 Å². The molecule has 0 saturated heterocycles. The fourth-order valence-electron chi connectivity index (χ4n) is 2.49. The van der Waals surface area contributed by atoms with Crippen molar-refractivity contribution >= 4 is 0 Å². The predicted molar refractivity (Wildman–Crippen MR) is 77.7 cm³/mol. The molecule has 3 nitrogen and oxygen atoms in total. The van der Waals surface area contributed by atoms with Crippen molar-refractivity contribution in [2.75, 3.05) is 0 Å². The van der Waals surface area contributed by atoms with Crippen molar-refractivity contribution in [3.8, 4) is 0 Å². The molecule has 104 valence electrons. The Balaban J connectivity index is 2.31. The summed E-state index contributed by atoms with van der Waals surface area (Å²) in [5.74, 6) is 0. The topological polar surface area (TPSA) is 43.8 Å². The Labute approximate surface area is 112 Å². The van der Waals surface area contributed by atoms with Crippen molar-refractivity contribution in [2.24, 2.45) is 12.8 Å². The highest BCUT2D eigenvalue weighted by molar-refractivity contribution is 5.24. The van der Waals surface area contributed by atoms with Crippen molar-refractivity contribution in [3.05, 3.63) is 17.0 Å². The van der Waals surface area contributed by atoms with Gasteiger partial charge >= 0.3 is 0 Å². The number of nitrogens with zero attached hydrogens (tertiary/aromatic N) is 2. The molecule has 0 aliphatic heterocycles. The molecule has 1 aromatic rings. The number of hydrogen-bond acceptors (Lipinski definition) is 2. The first-order valence-electron chi connectivity index (χ1n) is 7.30. The standard InChI is InChI=1S/C15H29N3/c1-5-6-7-8-9-14(16)10-11-15-12(2)17-18(4)13(15)3/h14H,5-11,16H2,1-4H3. The van der Waals surface area contributed by atoms with Gasteiger partial charge in [0.2, 0.25) is 0 Å². The summed E-state index contributed by atoms with van der Waals surface area (Å²) in [4.78, 5) is 0. The molecule has 2 N–H and O–H groups in total. The zero-order chi connectivity index (χ0) is 13.5. The Morgan fingerprint density at radius 2 is 1.89 bits per heavy atom. The van der Waals surface area contributed by atoms with Crippen LogP contribution in [0.2, 0.25) is 0 Å². The maximum absolute atomic E-state index is 6.18. The maximum Gasteiger partial charge on any atom is 0.0628 e. The lowest BCUT2D eigenvalue weighted by atomic mass is 10.00. The van der Waals surface area contributed by atoms with Gasteiger partial charge in [-0.25, -0.2) is 0 Å². The van der Waals surface area contributed by atoms with E-state index in [1.807, 2.05) is 11.7 Å². The van der Waals surface area contributed by atoms with Crippen LogP contribution in [0.25, 0.3) is 0 Å². The first-order valence-corrected chi connectivity index (χ1v) is 7.30. The van der Waals surface area contributed by atoms with Crippen LogP contribution < -0.4 is 5.73 Å². The molecule has 0 saturated carbocycles. The zero-order valence-corrected chi connectivity index (χ0v) is 12.5. The molecular formula is C15H29N3. The second-order valence-corrected chi connectivity index (χ2v) is 5.42. The number of unbranched alkanes of at least 4 members (excludes halogenated alkanes) is 3. The van der Waals surface area contributed by atoms with Gasteiger partial charge in [0, 0.05) is 18.8 Å². The normalized spacial score (nSPS) is 12.9. The second-order valence-electron chi connectivity index (χ2n) is 5.42. The van der Waals surface area contributed by atoms with E-state index >= 15 is 0 Å². The van der Waals surface area contributed by atoms with Gasteiger partial charge in [-0.2, -0.15) is 5.10 Å². The molecule has 3 heteroatoms. The van der Waals surface area contributed by atoms with E-state index in [4.69, 9.17) is 5.73 Å². The average Bonchev–Trinajstić information content (AvgIpc) is 2.57. The van der Waals surface area contributed by atoms with Gasteiger partial charge in [0.15, 0.2) is 0 Å². The molecule has 1 aromatic heterocycles. The van der Waals surface area contributed by atoms with E-state index in [9.17, 15) is 0 Å². The number of nitrogens with two attached hydrogens (primary N) is 1. The van der Waals surface area contributed by atoms with Crippen LogP contribution in [-0.2, 0) is 13.5 Å². The molecule has 0 radical (unpaired) electrons. The molecule has 1 heterocycles. The van der Waals surface area contributed by atoms with Gasteiger partial charge in [-0.05, 0) is 38.7 Å². The number of rotatable bonds is 8. The van der Waals surface area contributed by atoms with Crippen LogP contribution in [-0.4, -0.2) is 15.8 Å². The van der Waals surface area contributed by atoms with Gasteiger partial charge in [0.25, 0.3) is 0 Å². The molecule has 18 heavy (non-hydrogen) atoms. The highest BCUT2D eigenvalue weighted by Gasteiger charge is 2.11. The van der Waals surface area contributed by atoms with Gasteiger partial charge in [-0.3, -0.25) is 4.68 Å². The van der Waals surface area contributed by atoms with Crippen molar-refractivity contribution in [3.63, 3.8) is 0 Å². The fraction of sp³-hybridized carbons (Fsp3) is 0.800. The molecule has 0 aromatic carbocycles. The SMILES string of the molecule is CCCCCCC(N)CCc1c(C)nn(C)c1C. The highest BCUT2D eigenvalue weighted by atomic mass is 15.3. The van der Waals surface area contributed by atoms with Gasteiger partial charge in [-0.15, -0.1) is 0 Å². The van der Waals surface area contributed by atoms with E-state index in [-0.39, 0.29) is 0 Å². The van der Waals surface area contributed by atoms with Crippen LogP contribution in [0.4, 0.5) is 0 Å². The predicted octanol–water partition coefficient (Wildman–Crippen LogP) is 3.27. The van der Waals surface area contributed by atoms with Crippen LogP contribution >= 0.6 is 0 Å². The average molecular weight is 251 g/mol. The Morgan fingerprint density at radius 3 is 2.44 bits per heavy atom. The van der Waals surface area contributed by atoms with Crippen LogP contribution in [0.1, 0.15) is 62.4 Å². The van der Waals surface area contributed by atoms with Crippen LogP contribution in [0.15, 0.2) is 0 Å². The molecule has 0 fully saturated rings. The summed E-state index contributed by atoms with van der Waals surface area (Å²) in [6.07, 6.45) is 8.56. The molecule has 0 spiro atoms. The van der Waals surface area contributed by atoms with Gasteiger partial charge in [0.05, 0.1) is 5.69 Å². The van der Waals surface area contributed by atoms with E-state index in [2.05, 4.69) is 25.9 Å². The Hall–Kier alpha value is -0.830. The molecule has 0 bridgehead atoms. The Kier molecular flexibility index (Phi) is 6.41. The van der Waals surface area contributed by atoms with Gasteiger partial charge in [0.1, 0.15) is 0 Å². The summed E-state index contributed by atoms with van der Waals surface area (Å²) in [7, 11) is 2.01. The van der Waals surface area contributed by atoms with Crippen molar-refractivity contribution in [1.29, 1.82) is 0 Å². The van der Waals surface area contributed by atoms with E-state index < -0.39 is 0 Å². The number of aryl methyl sites for hydroxylation is 2. The highest BCUT2D eigenvalue weighted by Crippen LogP contribution is 2.16. The fourth-order valence-corrected chi connectivity index (χ4v) is 2.49. The molecule has 1 unspecified atom stereocenters. The number of hydrogen-bond donors (Lipinski definition) is 1. The minimum Gasteiger partial charge on any atom is -0.328 e. The van der Waals surface area contributed by atoms with Crippen molar-refractivity contribution in [2.45, 2.75) is 71.8 Å². The zero-order valence-electron chi connectivity index (χ0n) is 12.5. The van der Waals surface area contributed by atoms with Crippen molar-refractivity contribution in [1.82, 2.24) is 9.78 Å². The summed E-state index contributed by atoms with van der Waals surface area (Å²) in [6, 6.07) is 0.348. The molecule has 0 aliphatic carbocycles. The summed E-state index contributed by atoms with van der Waals surface area (Å²) < 4.78 is 1.97. The minimum atomic E-state index is 0.348. The van der Waals surface area contributed by atoms with E-state index in [1.54, 1.807) is 0 Å². The molecule has 0 amide bonds. The summed E-state index contributed by atoms with van der Waals surface area (Å²) >= 11 is 0. The molecule has 1 atom stereocenters. The summed E-state index contributed by atoms with van der Waals surface area (Å²) in [5, 5.41) is 4.45. The third-order valence-corrected chi connectivity index (χ3v) is 3.85. The van der Waals surface area contributed by atoms with E-state index in [0.717, 1.165) is 18.5 Å². The van der Waals surface area contributed by atoms with Crippen LogP contribution in [0.3, 0.4) is 0 Å². The van der Waals surface area contributed by atoms with Crippen LogP contribution in [0.5, 0.6) is 0 Å². The minimum absolute atomic E-state index is 0.348. The van der Waals surface area contributed by atoms with Crippen LogP contribution in [0, 0.1) is 13.8 Å². The largest absolute Gasteiger partial charge is 0.328 e. The lowest BCUT2D eigenvalue weighted by Crippen LogP contribution is -2.20. The Bertz CT molecular complexity index is 355. The first-order chi connectivity index (χ1) is 8.56. The van der Waals surface area contributed by atoms with Gasteiger partial charge in [-0.1, -0.05) is 32.6 Å². The summed E-state index contributed by atoms with van der Waals surface area (Å²) in [5.41, 5.74) is 10.0. The van der Waals surface area contributed by atoms with E-state index in [1.165, 1.54) is 43.4 Å². The Morgan fingerprint density at radius 1 is 1.17 bits per heavy atom. The number of aromatic nitrogens is 2. The quantitative estimate of drug-likeness (QED) is 0.721. The summed E-state index contributed by atoms with van der Waals surface area (Å²) in [6.45, 7) is 6.48. The molecule has 0 aliphatic rings. The third-order valence-electron chi connectivity index (χ3n) is 3.85. The molecular weight excluding hydrogens is 222 g/mol. The first kappa shape index (κ1) is 15.2. The molecule has 1 rings (SSSR count). The monoisotopic (exact) mass is 251 g/mol. The maximum atomic E-state index is 6.18.